The van der Waals surface area contributed by atoms with Gasteiger partial charge in [0.05, 0.1) is 48.9 Å². The van der Waals surface area contributed by atoms with Crippen LogP contribution in [0.4, 0.5) is 49.2 Å². The van der Waals surface area contributed by atoms with Gasteiger partial charge in [0.15, 0.2) is 16.1 Å². The van der Waals surface area contributed by atoms with E-state index in [4.69, 9.17) is 43.1 Å². The fraction of sp³-hybridized carbons (Fsp3) is 0.325. The Balaban J connectivity index is 0.000000135. The number of fused-ring (bicyclic) bond motifs is 2. The van der Waals surface area contributed by atoms with E-state index < -0.39 is 6.03 Å². The maximum absolute atomic E-state index is 12.6. The SMILES string of the molecule is CC(C)NC(=O)c1ccccc1NC(=O)Nc1nc2c(s1)CN(c1cc[nH]c(=O)c1)CC2.Clc1cc(Br)ccn1.Clc1cc(N2CCC3(CC2)OCCO3)ccn1.Nc1nc2c(s1)CN(c1cc[nH]c(=O)c1)CC2.O=C1CCN(c2cc[nH]c(=O)c2)CC1.O=C1CCN(c2ccnc(OCc3ccccc3)c2)CC1. The quantitative estimate of drug-likeness (QED) is 0.0559. The van der Waals surface area contributed by atoms with E-state index in [2.05, 4.69) is 96.3 Å². The van der Waals surface area contributed by atoms with E-state index in [1.54, 1.807) is 85.7 Å². The number of para-hydroxylation sites is 1. The molecule has 0 aliphatic carbocycles. The number of Topliss-reactive ketones (excluding diaryl/α,β-unsaturated/α-hetero) is 2. The number of rotatable bonds is 12. The highest BCUT2D eigenvalue weighted by Gasteiger charge is 2.40. The average molecular weight is 1620 g/mol. The van der Waals surface area contributed by atoms with Gasteiger partial charge in [0.2, 0.25) is 22.6 Å². The van der Waals surface area contributed by atoms with Crippen LogP contribution in [-0.2, 0) is 51.6 Å². The summed E-state index contributed by atoms with van der Waals surface area (Å²) < 4.78 is 18.1. The lowest BCUT2D eigenvalue weighted by atomic mass is 10.0. The Kier molecular flexibility index (Phi) is 28.6. The summed E-state index contributed by atoms with van der Waals surface area (Å²) in [6.07, 6.45) is 15.9. The number of aromatic nitrogens is 8. The van der Waals surface area contributed by atoms with Crippen LogP contribution in [0.15, 0.2) is 183 Å². The summed E-state index contributed by atoms with van der Waals surface area (Å²) >= 11 is 17.6. The van der Waals surface area contributed by atoms with Crippen molar-refractivity contribution in [3.8, 4) is 5.88 Å². The summed E-state index contributed by atoms with van der Waals surface area (Å²) in [4.78, 5) is 123. The topological polar surface area (TPSA) is 337 Å². The minimum atomic E-state index is -0.465. The lowest BCUT2D eigenvalue weighted by Crippen LogP contribution is -2.45. The fourth-order valence-electron chi connectivity index (χ4n) is 12.5. The Morgan fingerprint density at radius 3 is 1.60 bits per heavy atom. The highest BCUT2D eigenvalue weighted by Crippen LogP contribution is 2.35. The van der Waals surface area contributed by atoms with Crippen molar-refractivity contribution in [2.75, 3.05) is 106 Å². The van der Waals surface area contributed by atoms with Crippen molar-refractivity contribution < 1.29 is 33.4 Å². The van der Waals surface area contributed by atoms with Gasteiger partial charge < -0.3 is 70.0 Å². The van der Waals surface area contributed by atoms with E-state index in [0.29, 0.717) is 88.1 Å². The molecule has 1 spiro atoms. The molecule has 27 nitrogen and oxygen atoms in total. The van der Waals surface area contributed by atoms with Crippen molar-refractivity contribution in [3.05, 3.63) is 243 Å². The zero-order chi connectivity index (χ0) is 76.7. The first kappa shape index (κ1) is 79.7. The summed E-state index contributed by atoms with van der Waals surface area (Å²) in [6, 6.07) is 38.2. The van der Waals surface area contributed by atoms with Crippen LogP contribution in [0.2, 0.25) is 10.3 Å². The number of pyridine rings is 6. The van der Waals surface area contributed by atoms with Crippen LogP contribution < -0.4 is 67.6 Å². The second kappa shape index (κ2) is 39.2. The van der Waals surface area contributed by atoms with Crippen LogP contribution in [0, 0.1) is 0 Å². The molecule has 0 radical (unpaired) electrons. The number of carbonyl (C=O) groups is 4. The second-order valence-electron chi connectivity index (χ2n) is 26.0. The number of nitrogens with one attached hydrogen (secondary N) is 6. The predicted molar refractivity (Wildman–Crippen MR) is 431 cm³/mol. The number of ether oxygens (including phenoxy) is 3. The number of carbonyl (C=O) groups excluding carboxylic acids is 4. The summed E-state index contributed by atoms with van der Waals surface area (Å²) in [5.74, 6) is 0.716. The molecule has 8 N–H and O–H groups in total. The molecule has 0 atom stereocenters. The van der Waals surface area contributed by atoms with Gasteiger partial charge in [-0.15, -0.1) is 11.3 Å². The zero-order valence-electron chi connectivity index (χ0n) is 60.1. The molecular formula is C77H84BrCl2N17O10S2. The van der Waals surface area contributed by atoms with E-state index in [1.807, 2.05) is 92.7 Å². The Bertz CT molecular complexity index is 4860. The third-order valence-corrected chi connectivity index (χ3v) is 20.8. The number of H-pyrrole nitrogens is 3. The molecule has 6 aliphatic rings. The Morgan fingerprint density at radius 2 is 1.06 bits per heavy atom. The summed E-state index contributed by atoms with van der Waals surface area (Å²) in [5, 5.41) is 10.5. The average Bonchev–Trinajstić information content (AvgIpc) is 1.67. The Labute approximate surface area is 655 Å². The van der Waals surface area contributed by atoms with Gasteiger partial charge in [-0.2, -0.15) is 0 Å². The molecule has 8 aromatic heterocycles. The molecule has 2 aromatic carbocycles. The van der Waals surface area contributed by atoms with Crippen molar-refractivity contribution in [2.45, 2.75) is 96.7 Å². The number of hydrogen-bond acceptors (Lipinski definition) is 23. The number of urea groups is 1. The molecule has 0 saturated carbocycles. The van der Waals surface area contributed by atoms with Crippen LogP contribution in [0.1, 0.15) is 89.4 Å². The molecule has 10 aromatic rings. The first-order valence-corrected chi connectivity index (χ1v) is 38.8. The van der Waals surface area contributed by atoms with Gasteiger partial charge in [-0.05, 0) is 80.1 Å². The fourth-order valence-corrected chi connectivity index (χ4v) is 15.2. The van der Waals surface area contributed by atoms with E-state index in [1.165, 1.54) is 27.6 Å². The van der Waals surface area contributed by atoms with E-state index >= 15 is 0 Å². The first-order valence-electron chi connectivity index (χ1n) is 35.6. The summed E-state index contributed by atoms with van der Waals surface area (Å²) in [6.45, 7) is 13.6. The van der Waals surface area contributed by atoms with Crippen molar-refractivity contribution in [3.63, 3.8) is 0 Å². The molecular weight excluding hydrogens is 1540 g/mol. The highest BCUT2D eigenvalue weighted by molar-refractivity contribution is 9.10. The summed E-state index contributed by atoms with van der Waals surface area (Å²) in [7, 11) is 0. The number of ketones is 2. The minimum Gasteiger partial charge on any atom is -0.473 e. The van der Waals surface area contributed by atoms with Crippen molar-refractivity contribution in [1.29, 1.82) is 0 Å². The van der Waals surface area contributed by atoms with Gasteiger partial charge in [0.1, 0.15) is 28.5 Å². The number of thiazole rings is 2. The maximum Gasteiger partial charge on any atom is 0.325 e. The molecule has 3 amide bonds. The lowest BCUT2D eigenvalue weighted by molar-refractivity contribution is -0.169. The Morgan fingerprint density at radius 1 is 0.569 bits per heavy atom. The molecule has 4 fully saturated rings. The standard InChI is InChI=1S/C22H24N6O3S.C17H18N2O2.C12H15ClN2O2.C11H12N4OS.C10H12N2O2.C5H3BrClN/c1-13(2)24-20(30)15-5-3-4-6-16(15)25-21(31)27-22-26-17-8-10-28(12-18(17)32-22)14-7-9-23-19(29)11-14;20-16-7-10-19(11-8-16)15-6-9-18-17(12-15)21-13-14-4-2-1-3-5-14;13-11-9-10(1-4-14-11)15-5-2-12(3-6-15)16-7-8-17-12;12-11-14-8-2-4-15(6-9(8)17-11)7-1-3-13-10(16)5-7;13-9-2-5-12(6-3-9)8-1-4-11-10(14)7-8;6-4-1-2-8-5(7)3-4/h3-7,9,11,13H,8,10,12H2,1-2H3,(H,23,29)(H,24,30)(H2,25,26,27,31);1-6,9,12H,7-8,10-11,13H2;1,4,9H,2-3,5-8H2;1,3,5H,2,4,6H2,(H2,12,14)(H,13,16);1,4,7H,2-3,5-6H2,(H,11,14);1-3H. The third-order valence-electron chi connectivity index (χ3n) is 18.0. The van der Waals surface area contributed by atoms with E-state index in [-0.39, 0.29) is 34.4 Å². The number of benzene rings is 2. The van der Waals surface area contributed by atoms with Crippen LogP contribution in [0.3, 0.4) is 0 Å². The smallest absolute Gasteiger partial charge is 0.325 e. The van der Waals surface area contributed by atoms with Gasteiger partial charge in [-0.25, -0.2) is 29.7 Å². The molecule has 4 saturated heterocycles. The van der Waals surface area contributed by atoms with Crippen LogP contribution >= 0.6 is 61.8 Å². The highest BCUT2D eigenvalue weighted by atomic mass is 79.9. The van der Waals surface area contributed by atoms with Crippen molar-refractivity contribution in [1.82, 2.24) is 45.2 Å². The number of anilines is 8. The van der Waals surface area contributed by atoms with Gasteiger partial charge in [-0.1, -0.05) is 92.9 Å². The monoisotopic (exact) mass is 1620 g/mol. The molecule has 0 unspecified atom stereocenters. The molecule has 14 heterocycles. The van der Waals surface area contributed by atoms with Gasteiger partial charge in [-0.3, -0.25) is 34.1 Å². The number of nitrogen functional groups attached to an aromatic ring is 1. The van der Waals surface area contributed by atoms with Crippen molar-refractivity contribution >= 4 is 130 Å². The number of halogens is 3. The van der Waals surface area contributed by atoms with Gasteiger partial charge in [0.25, 0.3) is 5.91 Å². The van der Waals surface area contributed by atoms with E-state index in [9.17, 15) is 33.6 Å². The number of nitrogens with zero attached hydrogens (tertiary/aromatic N) is 10. The third kappa shape index (κ3) is 24.1. The zero-order valence-corrected chi connectivity index (χ0v) is 64.8. The molecule has 570 valence electrons. The lowest BCUT2D eigenvalue weighted by Gasteiger charge is -2.38. The molecule has 6 aliphatic heterocycles. The molecule has 16 rings (SSSR count). The molecule has 109 heavy (non-hydrogen) atoms. The van der Waals surface area contributed by atoms with Gasteiger partial charge >= 0.3 is 6.03 Å². The predicted octanol–water partition coefficient (Wildman–Crippen LogP) is 12.1. The number of piperidine rings is 3. The van der Waals surface area contributed by atoms with E-state index in [0.717, 1.165) is 153 Å². The maximum atomic E-state index is 12.6. The number of amides is 3. The summed E-state index contributed by atoms with van der Waals surface area (Å²) in [5.41, 5.74) is 14.3. The number of nitrogens with two attached hydrogens (primary N) is 1. The minimum absolute atomic E-state index is 0.0140. The number of hydrogen-bond donors (Lipinski definition) is 7. The van der Waals surface area contributed by atoms with Crippen LogP contribution in [-0.4, -0.2) is 141 Å². The molecule has 0 bridgehead atoms. The normalized spacial score (nSPS) is 15.5. The Hall–Kier alpha value is -10.3. The first-order chi connectivity index (χ1) is 52.7. The van der Waals surface area contributed by atoms with Gasteiger partial charge in [0, 0.05) is 214 Å². The largest absolute Gasteiger partial charge is 0.473 e. The number of aromatic amines is 3. The molecule has 32 heteroatoms. The van der Waals surface area contributed by atoms with Crippen molar-refractivity contribution in [2.24, 2.45) is 0 Å². The van der Waals surface area contributed by atoms with Crippen LogP contribution in [0.25, 0.3) is 0 Å². The second-order valence-corrected chi connectivity index (χ2v) is 29.9. The van der Waals surface area contributed by atoms with Crippen LogP contribution in [0.5, 0.6) is 5.88 Å².